The normalized spacial score (nSPS) is 38.8. The van der Waals surface area contributed by atoms with Gasteiger partial charge in [0.2, 0.25) is 0 Å². The molecule has 1 saturated heterocycles. The second-order valence-corrected chi connectivity index (χ2v) is 6.79. The summed E-state index contributed by atoms with van der Waals surface area (Å²) < 4.78 is 0. The maximum atomic E-state index is 10.4. The molecule has 1 aliphatic carbocycles. The average Bonchev–Trinajstić information content (AvgIpc) is 2.54. The van der Waals surface area contributed by atoms with Crippen molar-refractivity contribution in [1.82, 2.24) is 9.80 Å². The Balaban J connectivity index is 1.99. The lowest BCUT2D eigenvalue weighted by molar-refractivity contribution is -0.00385. The predicted molar refractivity (Wildman–Crippen MR) is 71.1 cm³/mol. The van der Waals surface area contributed by atoms with Crippen molar-refractivity contribution in [2.45, 2.75) is 57.7 Å². The molecular weight excluding hydrogens is 212 g/mol. The fourth-order valence-corrected chi connectivity index (χ4v) is 3.43. The molecular formula is C14H28N2O. The van der Waals surface area contributed by atoms with Gasteiger partial charge in [-0.25, -0.2) is 0 Å². The molecule has 0 bridgehead atoms. The Morgan fingerprint density at radius 1 is 1.24 bits per heavy atom. The highest BCUT2D eigenvalue weighted by Gasteiger charge is 2.44. The van der Waals surface area contributed by atoms with Crippen LogP contribution < -0.4 is 0 Å². The van der Waals surface area contributed by atoms with Crippen LogP contribution in [0, 0.1) is 5.41 Å². The Morgan fingerprint density at radius 2 is 1.94 bits per heavy atom. The van der Waals surface area contributed by atoms with Gasteiger partial charge in [0.15, 0.2) is 0 Å². The van der Waals surface area contributed by atoms with Crippen LogP contribution >= 0.6 is 0 Å². The fraction of sp³-hybridized carbons (Fsp3) is 1.00. The first-order valence-electron chi connectivity index (χ1n) is 7.00. The van der Waals surface area contributed by atoms with E-state index in [2.05, 4.69) is 37.7 Å². The van der Waals surface area contributed by atoms with Gasteiger partial charge in [-0.1, -0.05) is 13.8 Å². The molecule has 17 heavy (non-hydrogen) atoms. The third-order valence-corrected chi connectivity index (χ3v) is 4.88. The van der Waals surface area contributed by atoms with Gasteiger partial charge >= 0.3 is 0 Å². The van der Waals surface area contributed by atoms with Crippen LogP contribution in [0.15, 0.2) is 0 Å². The molecule has 0 spiro atoms. The van der Waals surface area contributed by atoms with Gasteiger partial charge in [0.05, 0.1) is 6.10 Å². The largest absolute Gasteiger partial charge is 0.391 e. The fourth-order valence-electron chi connectivity index (χ4n) is 3.43. The van der Waals surface area contributed by atoms with Gasteiger partial charge < -0.3 is 10.0 Å². The van der Waals surface area contributed by atoms with Gasteiger partial charge in [0.1, 0.15) is 0 Å². The topological polar surface area (TPSA) is 26.7 Å². The lowest BCUT2D eigenvalue weighted by Crippen LogP contribution is -2.52. The zero-order valence-electron chi connectivity index (χ0n) is 11.8. The van der Waals surface area contributed by atoms with Gasteiger partial charge in [0, 0.05) is 18.6 Å². The van der Waals surface area contributed by atoms with Gasteiger partial charge in [-0.05, 0) is 51.7 Å². The maximum absolute atomic E-state index is 10.4. The van der Waals surface area contributed by atoms with Gasteiger partial charge in [0.25, 0.3) is 0 Å². The zero-order valence-corrected chi connectivity index (χ0v) is 11.8. The first kappa shape index (κ1) is 13.3. The summed E-state index contributed by atoms with van der Waals surface area (Å²) in [4.78, 5) is 4.87. The second-order valence-electron chi connectivity index (χ2n) is 6.79. The quantitative estimate of drug-likeness (QED) is 0.793. The third kappa shape index (κ3) is 2.67. The number of likely N-dealkylation sites (N-methyl/N-ethyl adjacent to an activating group) is 1. The van der Waals surface area contributed by atoms with E-state index in [9.17, 15) is 5.11 Å². The molecule has 1 aliphatic heterocycles. The van der Waals surface area contributed by atoms with Crippen molar-refractivity contribution >= 4 is 0 Å². The number of rotatable bonds is 2. The Bertz CT molecular complexity index is 265. The summed E-state index contributed by atoms with van der Waals surface area (Å²) in [5.74, 6) is 0. The summed E-state index contributed by atoms with van der Waals surface area (Å²) in [6.45, 7) is 6.70. The summed E-state index contributed by atoms with van der Waals surface area (Å²) in [6.07, 6.45) is 4.74. The van der Waals surface area contributed by atoms with Crippen molar-refractivity contribution in [1.29, 1.82) is 0 Å². The van der Waals surface area contributed by atoms with E-state index in [0.717, 1.165) is 19.4 Å². The van der Waals surface area contributed by atoms with Crippen molar-refractivity contribution in [3.63, 3.8) is 0 Å². The highest BCUT2D eigenvalue weighted by Crippen LogP contribution is 2.40. The summed E-state index contributed by atoms with van der Waals surface area (Å²) >= 11 is 0. The minimum absolute atomic E-state index is 0.107. The van der Waals surface area contributed by atoms with Crippen LogP contribution in [0.5, 0.6) is 0 Å². The van der Waals surface area contributed by atoms with E-state index in [1.54, 1.807) is 0 Å². The van der Waals surface area contributed by atoms with E-state index < -0.39 is 0 Å². The van der Waals surface area contributed by atoms with E-state index >= 15 is 0 Å². The third-order valence-electron chi connectivity index (χ3n) is 4.88. The Morgan fingerprint density at radius 3 is 2.47 bits per heavy atom. The molecule has 1 N–H and O–H groups in total. The molecule has 0 aromatic rings. The van der Waals surface area contributed by atoms with E-state index in [-0.39, 0.29) is 11.5 Å². The Hall–Kier alpha value is -0.120. The number of aliphatic hydroxyl groups excluding tert-OH is 1. The minimum Gasteiger partial charge on any atom is -0.391 e. The SMILES string of the molecule is CN(C)C1CCCN(C2CCC(C)(C)C2O)C1. The molecule has 3 unspecified atom stereocenters. The van der Waals surface area contributed by atoms with Crippen molar-refractivity contribution in [3.05, 3.63) is 0 Å². The number of aliphatic hydroxyl groups is 1. The van der Waals surface area contributed by atoms with Gasteiger partial charge in [-0.2, -0.15) is 0 Å². The number of likely N-dealkylation sites (tertiary alicyclic amines) is 1. The smallest absolute Gasteiger partial charge is 0.0746 e. The zero-order chi connectivity index (χ0) is 12.6. The lowest BCUT2D eigenvalue weighted by Gasteiger charge is -2.41. The summed E-state index contributed by atoms with van der Waals surface area (Å²) in [7, 11) is 4.34. The van der Waals surface area contributed by atoms with Crippen LogP contribution in [0.4, 0.5) is 0 Å². The molecule has 2 aliphatic rings. The predicted octanol–water partition coefficient (Wildman–Crippen LogP) is 1.56. The molecule has 3 nitrogen and oxygen atoms in total. The van der Waals surface area contributed by atoms with E-state index in [4.69, 9.17) is 0 Å². The number of nitrogens with zero attached hydrogens (tertiary/aromatic N) is 2. The molecule has 0 radical (unpaired) electrons. The van der Waals surface area contributed by atoms with E-state index in [0.29, 0.717) is 12.1 Å². The Kier molecular flexibility index (Phi) is 3.81. The van der Waals surface area contributed by atoms with E-state index in [1.807, 2.05) is 0 Å². The lowest BCUT2D eigenvalue weighted by atomic mass is 9.88. The van der Waals surface area contributed by atoms with Gasteiger partial charge in [-0.3, -0.25) is 4.90 Å². The van der Waals surface area contributed by atoms with E-state index in [1.165, 1.54) is 19.4 Å². The van der Waals surface area contributed by atoms with Crippen LogP contribution in [0.1, 0.15) is 39.5 Å². The standard InChI is InChI=1S/C14H28N2O/c1-14(2)8-7-12(13(14)17)16-9-5-6-11(10-16)15(3)4/h11-13,17H,5-10H2,1-4H3. The molecule has 1 heterocycles. The van der Waals surface area contributed by atoms with Gasteiger partial charge in [-0.15, -0.1) is 0 Å². The van der Waals surface area contributed by atoms with Crippen LogP contribution in [-0.2, 0) is 0 Å². The van der Waals surface area contributed by atoms with Crippen molar-refractivity contribution in [2.24, 2.45) is 5.41 Å². The highest BCUT2D eigenvalue weighted by molar-refractivity contribution is 4.98. The number of hydrogen-bond donors (Lipinski definition) is 1. The summed E-state index contributed by atoms with van der Waals surface area (Å²) in [5, 5.41) is 10.4. The van der Waals surface area contributed by atoms with Crippen molar-refractivity contribution in [3.8, 4) is 0 Å². The first-order valence-corrected chi connectivity index (χ1v) is 7.00. The molecule has 2 fully saturated rings. The molecule has 3 heteroatoms. The average molecular weight is 240 g/mol. The Labute approximate surface area is 106 Å². The van der Waals surface area contributed by atoms with Crippen molar-refractivity contribution in [2.75, 3.05) is 27.2 Å². The molecule has 2 rings (SSSR count). The second kappa shape index (κ2) is 4.87. The summed E-state index contributed by atoms with van der Waals surface area (Å²) in [6, 6.07) is 1.06. The van der Waals surface area contributed by atoms with Crippen molar-refractivity contribution < 1.29 is 5.11 Å². The van der Waals surface area contributed by atoms with Crippen LogP contribution in [0.3, 0.4) is 0 Å². The molecule has 1 saturated carbocycles. The maximum Gasteiger partial charge on any atom is 0.0746 e. The first-order chi connectivity index (χ1) is 7.92. The number of piperidine rings is 1. The van der Waals surface area contributed by atoms with Crippen LogP contribution in [0.25, 0.3) is 0 Å². The minimum atomic E-state index is -0.150. The monoisotopic (exact) mass is 240 g/mol. The molecule has 0 aromatic heterocycles. The molecule has 0 aromatic carbocycles. The molecule has 100 valence electrons. The number of hydrogen-bond acceptors (Lipinski definition) is 3. The summed E-state index contributed by atoms with van der Waals surface area (Å²) in [5.41, 5.74) is 0.107. The van der Waals surface area contributed by atoms with Crippen LogP contribution in [0.2, 0.25) is 0 Å². The van der Waals surface area contributed by atoms with Crippen LogP contribution in [-0.4, -0.2) is 60.3 Å². The molecule has 0 amide bonds. The highest BCUT2D eigenvalue weighted by atomic mass is 16.3. The molecule has 3 atom stereocenters.